The number of hydrogen-bond donors (Lipinski definition) is 0. The summed E-state index contributed by atoms with van der Waals surface area (Å²) in [5.74, 6) is 0.391. The molecule has 0 N–H and O–H groups in total. The number of carbonyl (C=O) groups is 1. The smallest absolute Gasteiger partial charge is 0.338 e. The second-order valence-corrected chi connectivity index (χ2v) is 10.4. The lowest BCUT2D eigenvalue weighted by atomic mass is 9.93. The number of nitrogens with zero attached hydrogens (tertiary/aromatic N) is 3. The van der Waals surface area contributed by atoms with Gasteiger partial charge in [-0.15, -0.1) is 0 Å². The molecule has 1 aliphatic heterocycles. The van der Waals surface area contributed by atoms with Gasteiger partial charge in [0.25, 0.3) is 11.2 Å². The molecular weight excluding hydrogens is 554 g/mol. The second kappa shape index (κ2) is 11.3. The molecule has 1 aliphatic rings. The van der Waals surface area contributed by atoms with Crippen LogP contribution in [0.25, 0.3) is 23.1 Å². The minimum Gasteiger partial charge on any atom is -0.463 e. The van der Waals surface area contributed by atoms with Crippen LogP contribution in [0.5, 0.6) is 0 Å². The highest BCUT2D eigenvalue weighted by Crippen LogP contribution is 2.35. The molecule has 3 aromatic carbocycles. The summed E-state index contributed by atoms with van der Waals surface area (Å²) in [6.45, 7) is 1.91. The molecule has 0 amide bonds. The number of nitro benzene ring substituents is 1. The number of rotatable bonds is 7. The van der Waals surface area contributed by atoms with Crippen LogP contribution in [0.15, 0.2) is 117 Å². The van der Waals surface area contributed by atoms with E-state index in [-0.39, 0.29) is 23.4 Å². The van der Waals surface area contributed by atoms with Crippen molar-refractivity contribution in [2.75, 3.05) is 6.61 Å². The standard InChI is InChI=1S/C32H23N3O6S/c1-2-40-31(37)27-28(21-9-5-3-6-10-21)33-32-34(29(27)22-11-7-4-8-12-22)30(36)26(42-32)19-24-17-18-25(41-24)20-13-15-23(16-14-20)35(38)39/h3-19,29H,2H2,1H3/b26-19-/t29-/m1/s1. The molecule has 0 saturated heterocycles. The maximum Gasteiger partial charge on any atom is 0.338 e. The van der Waals surface area contributed by atoms with E-state index in [1.807, 2.05) is 60.7 Å². The predicted octanol–water partition coefficient (Wildman–Crippen LogP) is 5.10. The Morgan fingerprint density at radius 2 is 1.69 bits per heavy atom. The van der Waals surface area contributed by atoms with Crippen LogP contribution in [0.3, 0.4) is 0 Å². The van der Waals surface area contributed by atoms with Crippen LogP contribution in [0.2, 0.25) is 0 Å². The van der Waals surface area contributed by atoms with Crippen molar-refractivity contribution in [3.05, 3.63) is 149 Å². The molecule has 0 bridgehead atoms. The summed E-state index contributed by atoms with van der Waals surface area (Å²) in [5, 5.41) is 11.0. The third-order valence-electron chi connectivity index (χ3n) is 6.75. The summed E-state index contributed by atoms with van der Waals surface area (Å²) in [5.41, 5.74) is 2.54. The Balaban J connectivity index is 1.51. The molecule has 208 valence electrons. The first-order valence-corrected chi connectivity index (χ1v) is 13.9. The van der Waals surface area contributed by atoms with Gasteiger partial charge in [0.2, 0.25) is 0 Å². The number of fused-ring (bicyclic) bond motifs is 1. The van der Waals surface area contributed by atoms with Crippen molar-refractivity contribution in [3.8, 4) is 11.3 Å². The van der Waals surface area contributed by atoms with Gasteiger partial charge in [-0.3, -0.25) is 19.5 Å². The molecule has 1 atom stereocenters. The van der Waals surface area contributed by atoms with E-state index in [0.717, 1.165) is 11.1 Å². The summed E-state index contributed by atoms with van der Waals surface area (Å²) in [6.07, 6.45) is 1.64. The zero-order chi connectivity index (χ0) is 29.2. The number of carbonyl (C=O) groups excluding carboxylic acids is 1. The van der Waals surface area contributed by atoms with Crippen LogP contribution in [0.1, 0.15) is 29.9 Å². The van der Waals surface area contributed by atoms with Crippen molar-refractivity contribution in [2.45, 2.75) is 13.0 Å². The fourth-order valence-corrected chi connectivity index (χ4v) is 5.83. The van der Waals surface area contributed by atoms with Crippen LogP contribution in [-0.2, 0) is 9.53 Å². The Hall–Kier alpha value is -5.35. The van der Waals surface area contributed by atoms with E-state index in [2.05, 4.69) is 0 Å². The predicted molar refractivity (Wildman–Crippen MR) is 158 cm³/mol. The summed E-state index contributed by atoms with van der Waals surface area (Å²) < 4.78 is 13.4. The van der Waals surface area contributed by atoms with Crippen LogP contribution in [-0.4, -0.2) is 22.1 Å². The van der Waals surface area contributed by atoms with E-state index in [1.54, 1.807) is 37.3 Å². The molecule has 0 fully saturated rings. The lowest BCUT2D eigenvalue weighted by Crippen LogP contribution is -2.39. The van der Waals surface area contributed by atoms with Crippen molar-refractivity contribution in [1.29, 1.82) is 0 Å². The third kappa shape index (κ3) is 4.99. The number of thiazole rings is 1. The first-order valence-electron chi connectivity index (χ1n) is 13.1. The number of benzene rings is 3. The number of esters is 1. The van der Waals surface area contributed by atoms with Gasteiger partial charge in [0.05, 0.1) is 33.4 Å². The van der Waals surface area contributed by atoms with Gasteiger partial charge in [-0.25, -0.2) is 9.79 Å². The maximum absolute atomic E-state index is 14.0. The van der Waals surface area contributed by atoms with E-state index >= 15 is 0 Å². The van der Waals surface area contributed by atoms with Crippen molar-refractivity contribution < 1.29 is 18.9 Å². The Morgan fingerprint density at radius 1 is 1.00 bits per heavy atom. The highest BCUT2D eigenvalue weighted by Gasteiger charge is 2.35. The fourth-order valence-electron chi connectivity index (χ4n) is 4.85. The van der Waals surface area contributed by atoms with Gasteiger partial charge in [-0.05, 0) is 36.8 Å². The molecule has 0 radical (unpaired) electrons. The van der Waals surface area contributed by atoms with E-state index in [1.165, 1.54) is 28.0 Å². The summed E-state index contributed by atoms with van der Waals surface area (Å²) in [6, 6.07) is 27.4. The summed E-state index contributed by atoms with van der Waals surface area (Å²) in [4.78, 5) is 43.2. The van der Waals surface area contributed by atoms with Gasteiger partial charge in [0.15, 0.2) is 4.80 Å². The van der Waals surface area contributed by atoms with Gasteiger partial charge >= 0.3 is 5.97 Å². The second-order valence-electron chi connectivity index (χ2n) is 9.35. The number of nitro groups is 1. The first-order chi connectivity index (χ1) is 20.4. The molecule has 0 aliphatic carbocycles. The van der Waals surface area contributed by atoms with Gasteiger partial charge in [0, 0.05) is 29.3 Å². The van der Waals surface area contributed by atoms with E-state index in [4.69, 9.17) is 14.1 Å². The summed E-state index contributed by atoms with van der Waals surface area (Å²) in [7, 11) is 0. The van der Waals surface area contributed by atoms with Crippen molar-refractivity contribution in [1.82, 2.24) is 4.57 Å². The van der Waals surface area contributed by atoms with Gasteiger partial charge in [0.1, 0.15) is 11.5 Å². The number of hydrogen-bond acceptors (Lipinski definition) is 8. The van der Waals surface area contributed by atoms with E-state index in [0.29, 0.717) is 32.1 Å². The van der Waals surface area contributed by atoms with E-state index < -0.39 is 16.9 Å². The SMILES string of the molecule is CCOC(=O)C1=C(c2ccccc2)N=c2s/c(=C\c3ccc(-c4ccc([N+](=O)[O-])cc4)o3)c(=O)n2[C@@H]1c1ccccc1. The van der Waals surface area contributed by atoms with Crippen molar-refractivity contribution >= 4 is 34.8 Å². The van der Waals surface area contributed by atoms with E-state index in [9.17, 15) is 19.7 Å². The molecule has 6 rings (SSSR count). The van der Waals surface area contributed by atoms with Gasteiger partial charge in [-0.1, -0.05) is 72.0 Å². The average Bonchev–Trinajstić information content (AvgIpc) is 3.61. The van der Waals surface area contributed by atoms with Crippen LogP contribution >= 0.6 is 11.3 Å². The normalized spacial score (nSPS) is 14.8. The Kier molecular flexibility index (Phi) is 7.20. The highest BCUT2D eigenvalue weighted by atomic mass is 32.1. The van der Waals surface area contributed by atoms with Gasteiger partial charge in [-0.2, -0.15) is 0 Å². The minimum atomic E-state index is -0.758. The zero-order valence-electron chi connectivity index (χ0n) is 22.3. The fraction of sp³-hybridized carbons (Fsp3) is 0.0938. The average molecular weight is 578 g/mol. The number of furan rings is 1. The lowest BCUT2D eigenvalue weighted by Gasteiger charge is -2.25. The molecule has 42 heavy (non-hydrogen) atoms. The molecule has 10 heteroatoms. The highest BCUT2D eigenvalue weighted by molar-refractivity contribution is 7.07. The first kappa shape index (κ1) is 26.9. The van der Waals surface area contributed by atoms with Gasteiger partial charge < -0.3 is 9.15 Å². The lowest BCUT2D eigenvalue weighted by molar-refractivity contribution is -0.384. The monoisotopic (exact) mass is 577 g/mol. The third-order valence-corrected chi connectivity index (χ3v) is 7.73. The van der Waals surface area contributed by atoms with Crippen LogP contribution < -0.4 is 14.9 Å². The molecule has 0 unspecified atom stereocenters. The Labute approximate surface area is 243 Å². The summed E-state index contributed by atoms with van der Waals surface area (Å²) >= 11 is 1.20. The molecule has 5 aromatic rings. The minimum absolute atomic E-state index is 0.0170. The zero-order valence-corrected chi connectivity index (χ0v) is 23.1. The quantitative estimate of drug-likeness (QED) is 0.151. The topological polar surface area (TPSA) is 117 Å². The maximum atomic E-state index is 14.0. The molecular formula is C32H23N3O6S. The molecule has 9 nitrogen and oxygen atoms in total. The molecule has 2 aromatic heterocycles. The number of ether oxygens (including phenoxy) is 1. The largest absolute Gasteiger partial charge is 0.463 e. The molecule has 0 spiro atoms. The van der Waals surface area contributed by atoms with Crippen molar-refractivity contribution in [2.24, 2.45) is 4.99 Å². The Bertz CT molecular complexity index is 2010. The number of aromatic nitrogens is 1. The van der Waals surface area contributed by atoms with Crippen LogP contribution in [0.4, 0.5) is 5.69 Å². The molecule has 0 saturated carbocycles. The van der Waals surface area contributed by atoms with Crippen LogP contribution in [0, 0.1) is 10.1 Å². The number of non-ortho nitro benzene ring substituents is 1. The Morgan fingerprint density at radius 3 is 2.36 bits per heavy atom. The molecule has 3 heterocycles. The van der Waals surface area contributed by atoms with Crippen molar-refractivity contribution in [3.63, 3.8) is 0 Å².